The zero-order chi connectivity index (χ0) is 16.7. The predicted octanol–water partition coefficient (Wildman–Crippen LogP) is 0.115. The molecule has 22 heavy (non-hydrogen) atoms. The van der Waals surface area contributed by atoms with Gasteiger partial charge in [-0.25, -0.2) is 4.79 Å². The first-order valence-electron chi connectivity index (χ1n) is 7.75. The summed E-state index contributed by atoms with van der Waals surface area (Å²) in [6.07, 6.45) is 0.956. The van der Waals surface area contributed by atoms with Crippen LogP contribution in [0.25, 0.3) is 0 Å². The molecular weight excluding hydrogens is 284 g/mol. The second kappa shape index (κ2) is 5.87. The number of nitrogens with one attached hydrogen (secondary N) is 1. The Bertz CT molecular complexity index is 473. The molecular formula is C15H26N4O3. The van der Waals surface area contributed by atoms with E-state index in [4.69, 9.17) is 0 Å². The average Bonchev–Trinajstić information content (AvgIpc) is 2.63. The number of hydrogen-bond donors (Lipinski definition) is 1. The number of nitrogens with zero attached hydrogens (tertiary/aromatic N) is 3. The Balaban J connectivity index is 2.05. The van der Waals surface area contributed by atoms with Gasteiger partial charge in [0.25, 0.3) is 5.91 Å². The number of rotatable bonds is 3. The Morgan fingerprint density at radius 3 is 2.14 bits per heavy atom. The second-order valence-electron chi connectivity index (χ2n) is 6.85. The Hall–Kier alpha value is -1.63. The molecule has 0 bridgehead atoms. The largest absolute Gasteiger partial charge is 0.341 e. The van der Waals surface area contributed by atoms with Gasteiger partial charge in [-0.05, 0) is 32.9 Å². The Kier molecular flexibility index (Phi) is 4.47. The molecule has 2 rings (SSSR count). The van der Waals surface area contributed by atoms with E-state index in [2.05, 4.69) is 5.32 Å². The van der Waals surface area contributed by atoms with E-state index in [-0.39, 0.29) is 29.8 Å². The van der Waals surface area contributed by atoms with Crippen LogP contribution >= 0.6 is 0 Å². The van der Waals surface area contributed by atoms with E-state index in [0.717, 1.165) is 4.90 Å². The van der Waals surface area contributed by atoms with Gasteiger partial charge in [0.1, 0.15) is 5.54 Å². The van der Waals surface area contributed by atoms with Crippen LogP contribution in [0.15, 0.2) is 0 Å². The number of urea groups is 1. The molecule has 0 radical (unpaired) electrons. The maximum absolute atomic E-state index is 12.7. The quantitative estimate of drug-likeness (QED) is 0.751. The molecule has 2 fully saturated rings. The summed E-state index contributed by atoms with van der Waals surface area (Å²) in [7, 11) is 5.30. The fraction of sp³-hybridized carbons (Fsp3) is 0.800. The molecule has 124 valence electrons. The van der Waals surface area contributed by atoms with E-state index in [9.17, 15) is 14.4 Å². The van der Waals surface area contributed by atoms with Crippen LogP contribution in [0, 0.1) is 5.92 Å². The number of piperidine rings is 1. The number of likely N-dealkylation sites (tertiary alicyclic amines) is 1. The molecule has 0 aromatic carbocycles. The summed E-state index contributed by atoms with van der Waals surface area (Å²) >= 11 is 0. The molecule has 7 heteroatoms. The molecule has 0 saturated carbocycles. The van der Waals surface area contributed by atoms with Gasteiger partial charge in [-0.2, -0.15) is 0 Å². The molecule has 1 N–H and O–H groups in total. The minimum atomic E-state index is -0.811. The number of imide groups is 1. The molecule has 1 atom stereocenters. The van der Waals surface area contributed by atoms with Gasteiger partial charge in [0.2, 0.25) is 5.91 Å². The Morgan fingerprint density at radius 2 is 1.77 bits per heavy atom. The summed E-state index contributed by atoms with van der Waals surface area (Å²) in [6.45, 7) is 5.05. The van der Waals surface area contributed by atoms with E-state index < -0.39 is 5.54 Å². The zero-order valence-electron chi connectivity index (χ0n) is 14.0. The van der Waals surface area contributed by atoms with Crippen molar-refractivity contribution in [3.63, 3.8) is 0 Å². The first-order valence-corrected chi connectivity index (χ1v) is 7.75. The van der Waals surface area contributed by atoms with Crippen LogP contribution in [0.1, 0.15) is 26.7 Å². The number of carbonyl (C=O) groups excluding carboxylic acids is 3. The lowest BCUT2D eigenvalue weighted by atomic mass is 9.87. The second-order valence-corrected chi connectivity index (χ2v) is 6.85. The molecule has 0 aromatic heterocycles. The summed E-state index contributed by atoms with van der Waals surface area (Å²) in [6, 6.07) is -0.510. The normalized spacial score (nSPS) is 22.7. The number of carbonyl (C=O) groups is 3. The maximum Gasteiger partial charge on any atom is 0.324 e. The third kappa shape index (κ3) is 2.69. The first kappa shape index (κ1) is 16.7. The average molecular weight is 310 g/mol. The molecule has 1 spiro atoms. The molecule has 7 nitrogen and oxygen atoms in total. The summed E-state index contributed by atoms with van der Waals surface area (Å²) in [4.78, 5) is 41.5. The topological polar surface area (TPSA) is 73.0 Å². The van der Waals surface area contributed by atoms with Crippen LogP contribution < -0.4 is 5.32 Å². The van der Waals surface area contributed by atoms with Crippen molar-refractivity contribution in [1.29, 1.82) is 0 Å². The van der Waals surface area contributed by atoms with Crippen molar-refractivity contribution in [3.05, 3.63) is 0 Å². The van der Waals surface area contributed by atoms with Gasteiger partial charge in [0, 0.05) is 20.1 Å². The lowest BCUT2D eigenvalue weighted by molar-refractivity contribution is -0.142. The lowest BCUT2D eigenvalue weighted by Crippen LogP contribution is -2.58. The van der Waals surface area contributed by atoms with Crippen molar-refractivity contribution in [2.75, 3.05) is 34.2 Å². The Labute approximate surface area is 131 Å². The van der Waals surface area contributed by atoms with E-state index in [1.54, 1.807) is 0 Å². The highest BCUT2D eigenvalue weighted by molar-refractivity contribution is 6.06. The molecule has 0 unspecified atom stereocenters. The van der Waals surface area contributed by atoms with Crippen molar-refractivity contribution >= 4 is 17.8 Å². The fourth-order valence-corrected chi connectivity index (χ4v) is 3.49. The molecule has 2 aliphatic heterocycles. The number of amides is 4. The molecule has 0 aromatic rings. The van der Waals surface area contributed by atoms with Gasteiger partial charge < -0.3 is 10.2 Å². The van der Waals surface area contributed by atoms with Gasteiger partial charge in [0.05, 0.1) is 6.04 Å². The van der Waals surface area contributed by atoms with Crippen LogP contribution in [0.4, 0.5) is 4.79 Å². The van der Waals surface area contributed by atoms with Gasteiger partial charge >= 0.3 is 6.03 Å². The Morgan fingerprint density at radius 1 is 1.23 bits per heavy atom. The number of hydrogen-bond acceptors (Lipinski definition) is 4. The van der Waals surface area contributed by atoms with Gasteiger partial charge in [-0.1, -0.05) is 13.8 Å². The number of likely N-dealkylation sites (N-methyl/N-ethyl adjacent to an activating group) is 2. The van der Waals surface area contributed by atoms with Crippen LogP contribution in [-0.2, 0) is 9.59 Å². The summed E-state index contributed by atoms with van der Waals surface area (Å²) in [5, 5.41) is 2.79. The van der Waals surface area contributed by atoms with Crippen LogP contribution in [0.5, 0.6) is 0 Å². The molecule has 4 amide bonds. The van der Waals surface area contributed by atoms with Crippen molar-refractivity contribution in [3.8, 4) is 0 Å². The van der Waals surface area contributed by atoms with E-state index in [1.807, 2.05) is 37.7 Å². The van der Waals surface area contributed by atoms with Crippen LogP contribution in [0.3, 0.4) is 0 Å². The van der Waals surface area contributed by atoms with E-state index >= 15 is 0 Å². The van der Waals surface area contributed by atoms with E-state index in [0.29, 0.717) is 25.9 Å². The summed E-state index contributed by atoms with van der Waals surface area (Å²) < 4.78 is 0. The predicted molar refractivity (Wildman–Crippen MR) is 82.2 cm³/mol. The standard InChI is InChI=1S/C15H26N4O3/c1-10(2)11(17(3)4)12(20)19-8-6-15(7-9-19)13(21)18(5)14(22)16-15/h10-11H,6-9H2,1-5H3,(H,16,22)/t11-/m0/s1. The highest BCUT2D eigenvalue weighted by Gasteiger charge is 2.51. The lowest BCUT2D eigenvalue weighted by Gasteiger charge is -2.40. The third-order valence-corrected chi connectivity index (χ3v) is 4.73. The SMILES string of the molecule is CC(C)[C@@H](C(=O)N1CCC2(CC1)NC(=O)N(C)C2=O)N(C)C. The molecule has 2 aliphatic rings. The minimum absolute atomic E-state index is 0.0972. The van der Waals surface area contributed by atoms with Crippen LogP contribution in [-0.4, -0.2) is 78.4 Å². The third-order valence-electron chi connectivity index (χ3n) is 4.73. The summed E-state index contributed by atoms with van der Waals surface area (Å²) in [5.74, 6) is 0.134. The van der Waals surface area contributed by atoms with E-state index in [1.165, 1.54) is 7.05 Å². The molecule has 2 heterocycles. The van der Waals surface area contributed by atoms with Crippen molar-refractivity contribution in [2.45, 2.75) is 38.3 Å². The van der Waals surface area contributed by atoms with Gasteiger partial charge in [0.15, 0.2) is 0 Å². The highest BCUT2D eigenvalue weighted by Crippen LogP contribution is 2.29. The van der Waals surface area contributed by atoms with Crippen molar-refractivity contribution in [1.82, 2.24) is 20.0 Å². The first-order chi connectivity index (χ1) is 10.2. The smallest absolute Gasteiger partial charge is 0.324 e. The monoisotopic (exact) mass is 310 g/mol. The summed E-state index contributed by atoms with van der Waals surface area (Å²) in [5.41, 5.74) is -0.811. The highest BCUT2D eigenvalue weighted by atomic mass is 16.2. The van der Waals surface area contributed by atoms with Crippen molar-refractivity contribution in [2.24, 2.45) is 5.92 Å². The van der Waals surface area contributed by atoms with Crippen LogP contribution in [0.2, 0.25) is 0 Å². The zero-order valence-corrected chi connectivity index (χ0v) is 14.0. The van der Waals surface area contributed by atoms with Crippen molar-refractivity contribution < 1.29 is 14.4 Å². The molecule has 0 aliphatic carbocycles. The fourth-order valence-electron chi connectivity index (χ4n) is 3.49. The van der Waals surface area contributed by atoms with Gasteiger partial charge in [-0.15, -0.1) is 0 Å². The van der Waals surface area contributed by atoms with Gasteiger partial charge in [-0.3, -0.25) is 19.4 Å². The molecule has 2 saturated heterocycles. The minimum Gasteiger partial charge on any atom is -0.341 e. The maximum atomic E-state index is 12.7.